The van der Waals surface area contributed by atoms with Crippen LogP contribution in [0.25, 0.3) is 0 Å². The van der Waals surface area contributed by atoms with Crippen LogP contribution in [0.2, 0.25) is 0 Å². The van der Waals surface area contributed by atoms with E-state index in [1.165, 1.54) is 45.4 Å². The fourth-order valence-electron chi connectivity index (χ4n) is 5.48. The first-order valence-corrected chi connectivity index (χ1v) is 8.01. The van der Waals surface area contributed by atoms with Crippen molar-refractivity contribution in [1.82, 2.24) is 0 Å². The first kappa shape index (κ1) is 14.1. The first-order valence-electron chi connectivity index (χ1n) is 8.01. The predicted octanol–water partition coefficient (Wildman–Crippen LogP) is 3.50. The van der Waals surface area contributed by atoms with Gasteiger partial charge in [0.2, 0.25) is 0 Å². The molecule has 4 rings (SSSR count). The highest BCUT2D eigenvalue weighted by molar-refractivity contribution is 5.94. The first-order chi connectivity index (χ1) is 9.30. The Labute approximate surface area is 121 Å². The number of esters is 1. The number of rotatable bonds is 4. The van der Waals surface area contributed by atoms with Crippen LogP contribution in [0.15, 0.2) is 0 Å². The second-order valence-electron chi connectivity index (χ2n) is 8.06. The van der Waals surface area contributed by atoms with E-state index in [0.717, 1.165) is 17.8 Å². The molecule has 0 aromatic heterocycles. The van der Waals surface area contributed by atoms with E-state index >= 15 is 0 Å². The van der Waals surface area contributed by atoms with Gasteiger partial charge < -0.3 is 4.74 Å². The molecule has 4 bridgehead atoms. The van der Waals surface area contributed by atoms with Crippen LogP contribution in [0.4, 0.5) is 0 Å². The van der Waals surface area contributed by atoms with Gasteiger partial charge >= 0.3 is 5.97 Å². The van der Waals surface area contributed by atoms with Crippen LogP contribution >= 0.6 is 0 Å². The van der Waals surface area contributed by atoms with Crippen molar-refractivity contribution < 1.29 is 14.3 Å². The van der Waals surface area contributed by atoms with Gasteiger partial charge in [0.05, 0.1) is 0 Å². The minimum absolute atomic E-state index is 0.0875. The lowest BCUT2D eigenvalue weighted by atomic mass is 9.46. The van der Waals surface area contributed by atoms with Crippen LogP contribution in [0.3, 0.4) is 0 Å². The monoisotopic (exact) mass is 278 g/mol. The average molecular weight is 278 g/mol. The van der Waals surface area contributed by atoms with E-state index in [9.17, 15) is 9.59 Å². The Hall–Kier alpha value is -0.860. The normalized spacial score (nSPS) is 38.9. The summed E-state index contributed by atoms with van der Waals surface area (Å²) in [5.41, 5.74) is -0.274. The molecular weight excluding hydrogens is 252 g/mol. The molecule has 20 heavy (non-hydrogen) atoms. The third-order valence-corrected chi connectivity index (χ3v) is 6.08. The summed E-state index contributed by atoms with van der Waals surface area (Å²) in [6.07, 6.45) is 7.69. The Morgan fingerprint density at radius 3 is 1.90 bits per heavy atom. The minimum atomic E-state index is -0.435. The van der Waals surface area contributed by atoms with Crippen LogP contribution in [-0.4, -0.2) is 17.4 Å². The second-order valence-corrected chi connectivity index (χ2v) is 8.06. The summed E-state index contributed by atoms with van der Waals surface area (Å²) in [6.45, 7) is 5.58. The summed E-state index contributed by atoms with van der Waals surface area (Å²) in [6, 6.07) is 0. The zero-order valence-corrected chi connectivity index (χ0v) is 12.9. The van der Waals surface area contributed by atoms with E-state index in [-0.39, 0.29) is 23.6 Å². The smallest absolute Gasteiger partial charge is 0.313 e. The molecule has 0 amide bonds. The number of carbonyl (C=O) groups is 2. The summed E-state index contributed by atoms with van der Waals surface area (Å²) in [4.78, 5) is 23.0. The van der Waals surface area contributed by atoms with Crippen LogP contribution in [0.5, 0.6) is 0 Å². The van der Waals surface area contributed by atoms with Crippen molar-refractivity contribution in [2.24, 2.45) is 23.2 Å². The summed E-state index contributed by atoms with van der Waals surface area (Å²) in [5.74, 6) is 2.06. The van der Waals surface area contributed by atoms with Crippen LogP contribution < -0.4 is 0 Å². The molecule has 112 valence electrons. The maximum atomic E-state index is 11.9. The van der Waals surface area contributed by atoms with Gasteiger partial charge in [0, 0.05) is 5.41 Å². The largest absolute Gasteiger partial charge is 0.459 e. The van der Waals surface area contributed by atoms with Crippen molar-refractivity contribution in [3.8, 4) is 0 Å². The molecule has 3 nitrogen and oxygen atoms in total. The van der Waals surface area contributed by atoms with Gasteiger partial charge in [-0.2, -0.15) is 0 Å². The van der Waals surface area contributed by atoms with Crippen molar-refractivity contribution in [1.29, 1.82) is 0 Å². The molecule has 0 aliphatic heterocycles. The van der Waals surface area contributed by atoms with Gasteiger partial charge in [-0.3, -0.25) is 9.59 Å². The topological polar surface area (TPSA) is 43.4 Å². The summed E-state index contributed by atoms with van der Waals surface area (Å²) in [7, 11) is 0. The number of ether oxygens (including phenoxy) is 1. The number of ketones is 1. The molecule has 0 aromatic rings. The fourth-order valence-corrected chi connectivity index (χ4v) is 5.48. The van der Waals surface area contributed by atoms with Gasteiger partial charge in [0.15, 0.2) is 0 Å². The quantitative estimate of drug-likeness (QED) is 0.584. The van der Waals surface area contributed by atoms with E-state index in [1.807, 2.05) is 0 Å². The molecule has 0 spiro atoms. The van der Waals surface area contributed by atoms with Crippen molar-refractivity contribution in [3.63, 3.8) is 0 Å². The molecule has 0 heterocycles. The van der Waals surface area contributed by atoms with Crippen molar-refractivity contribution in [2.45, 2.75) is 71.3 Å². The van der Waals surface area contributed by atoms with Gasteiger partial charge in [-0.25, -0.2) is 0 Å². The van der Waals surface area contributed by atoms with Gasteiger partial charge in [-0.1, -0.05) is 0 Å². The summed E-state index contributed by atoms with van der Waals surface area (Å²) < 4.78 is 5.77. The molecule has 4 fully saturated rings. The maximum absolute atomic E-state index is 11.9. The third-order valence-electron chi connectivity index (χ3n) is 6.08. The van der Waals surface area contributed by atoms with Crippen LogP contribution in [0, 0.1) is 23.2 Å². The Morgan fingerprint density at radius 2 is 1.50 bits per heavy atom. The fraction of sp³-hybridized carbons (Fsp3) is 0.882. The number of hydrogen-bond donors (Lipinski definition) is 0. The molecule has 0 N–H and O–H groups in total. The summed E-state index contributed by atoms with van der Waals surface area (Å²) >= 11 is 0. The lowest BCUT2D eigenvalue weighted by molar-refractivity contribution is -0.198. The third kappa shape index (κ3) is 2.29. The SMILES string of the molecule is CC(=O)CC(=O)OC(C)(C)C12CC3CC(CC(C3)C1)C2. The minimum Gasteiger partial charge on any atom is -0.459 e. The Balaban J connectivity index is 1.76. The molecule has 0 aromatic carbocycles. The van der Waals surface area contributed by atoms with Crippen molar-refractivity contribution in [3.05, 3.63) is 0 Å². The van der Waals surface area contributed by atoms with E-state index in [1.54, 1.807) is 0 Å². The number of Topliss-reactive ketones (excluding diaryl/α,β-unsaturated/α-hetero) is 1. The zero-order chi connectivity index (χ0) is 14.5. The van der Waals surface area contributed by atoms with Crippen molar-refractivity contribution >= 4 is 11.8 Å². The van der Waals surface area contributed by atoms with Gasteiger partial charge in [0.1, 0.15) is 17.8 Å². The average Bonchev–Trinajstić information content (AvgIpc) is 2.24. The maximum Gasteiger partial charge on any atom is 0.313 e. The summed E-state index contributed by atoms with van der Waals surface area (Å²) in [5, 5.41) is 0. The van der Waals surface area contributed by atoms with Gasteiger partial charge in [-0.05, 0) is 77.0 Å². The standard InChI is InChI=1S/C17H26O3/c1-11(18)4-15(19)20-16(2,3)17-8-12-5-13(9-17)7-14(6-12)10-17/h12-14H,4-10H2,1-3H3. The Kier molecular flexibility index (Phi) is 3.22. The molecule has 0 radical (unpaired) electrons. The molecule has 3 heteroatoms. The van der Waals surface area contributed by atoms with Gasteiger partial charge in [-0.15, -0.1) is 0 Å². The van der Waals surface area contributed by atoms with E-state index in [2.05, 4.69) is 13.8 Å². The van der Waals surface area contributed by atoms with E-state index < -0.39 is 5.60 Å². The second kappa shape index (κ2) is 4.57. The van der Waals surface area contributed by atoms with E-state index in [0.29, 0.717) is 0 Å². The lowest BCUT2D eigenvalue weighted by Crippen LogP contribution is -2.57. The van der Waals surface area contributed by atoms with Gasteiger partial charge in [0.25, 0.3) is 0 Å². The number of hydrogen-bond acceptors (Lipinski definition) is 3. The Morgan fingerprint density at radius 1 is 1.05 bits per heavy atom. The lowest BCUT2D eigenvalue weighted by Gasteiger charge is -2.61. The van der Waals surface area contributed by atoms with E-state index in [4.69, 9.17) is 4.74 Å². The van der Waals surface area contributed by atoms with Crippen LogP contribution in [-0.2, 0) is 14.3 Å². The van der Waals surface area contributed by atoms with Crippen LogP contribution in [0.1, 0.15) is 65.7 Å². The molecule has 4 aliphatic rings. The highest BCUT2D eigenvalue weighted by atomic mass is 16.6. The molecule has 4 saturated carbocycles. The molecule has 0 atom stereocenters. The Bertz CT molecular complexity index is 400. The molecule has 0 unspecified atom stereocenters. The molecular formula is C17H26O3. The zero-order valence-electron chi connectivity index (χ0n) is 12.9. The highest BCUT2D eigenvalue weighted by Crippen LogP contribution is 2.64. The predicted molar refractivity (Wildman–Crippen MR) is 76.1 cm³/mol. The molecule has 4 aliphatic carbocycles. The highest BCUT2D eigenvalue weighted by Gasteiger charge is 2.58. The molecule has 0 saturated heterocycles. The van der Waals surface area contributed by atoms with Crippen molar-refractivity contribution in [2.75, 3.05) is 0 Å². The number of carbonyl (C=O) groups excluding carboxylic acids is 2.